The van der Waals surface area contributed by atoms with Crippen molar-refractivity contribution >= 4 is 34.3 Å². The second-order valence-electron chi connectivity index (χ2n) is 8.52. The molecule has 0 fully saturated rings. The van der Waals surface area contributed by atoms with E-state index in [4.69, 9.17) is 11.6 Å². The molecule has 0 radical (unpaired) electrons. The fourth-order valence-electron chi connectivity index (χ4n) is 3.52. The maximum Gasteiger partial charge on any atom is 0.335 e. The number of fused-ring (bicyclic) bond motifs is 1. The minimum Gasteiger partial charge on any atom is -0.478 e. The van der Waals surface area contributed by atoms with E-state index in [9.17, 15) is 32.6 Å². The molecule has 0 aliphatic carbocycles. The largest absolute Gasteiger partial charge is 0.478 e. The van der Waals surface area contributed by atoms with Crippen LogP contribution in [0.1, 0.15) is 41.6 Å². The summed E-state index contributed by atoms with van der Waals surface area (Å²) in [4.78, 5) is 27.5. The van der Waals surface area contributed by atoms with Gasteiger partial charge < -0.3 is 15.5 Å². The number of aromatic nitrogens is 4. The maximum atomic E-state index is 14.9. The van der Waals surface area contributed by atoms with E-state index >= 15 is 0 Å². The summed E-state index contributed by atoms with van der Waals surface area (Å²) in [6, 6.07) is 1.48. The van der Waals surface area contributed by atoms with E-state index in [0.29, 0.717) is 0 Å². The van der Waals surface area contributed by atoms with Crippen LogP contribution in [-0.4, -0.2) is 42.5 Å². The molecular weight excluding hydrogens is 518 g/mol. The lowest BCUT2D eigenvalue weighted by Gasteiger charge is -2.22. The number of aromatic carboxylic acids is 1. The molecule has 4 aromatic rings. The molecule has 13 heteroatoms. The number of carboxylic acid groups (broad SMARTS) is 1. The van der Waals surface area contributed by atoms with E-state index in [1.54, 1.807) is 0 Å². The fourth-order valence-corrected chi connectivity index (χ4v) is 3.71. The van der Waals surface area contributed by atoms with Crippen molar-refractivity contribution in [2.75, 3.05) is 5.32 Å². The van der Waals surface area contributed by atoms with E-state index in [-0.39, 0.29) is 38.8 Å². The fraction of sp³-hybridized carbons (Fsp3) is 0.208. The smallest absolute Gasteiger partial charge is 0.335 e. The molecule has 8 nitrogen and oxygen atoms in total. The van der Waals surface area contributed by atoms with Gasteiger partial charge in [-0.3, -0.25) is 4.98 Å². The molecule has 1 aromatic carbocycles. The molecule has 1 atom stereocenters. The van der Waals surface area contributed by atoms with Crippen LogP contribution in [-0.2, 0) is 5.60 Å². The Kier molecular flexibility index (Phi) is 6.98. The first-order chi connectivity index (χ1) is 17.4. The summed E-state index contributed by atoms with van der Waals surface area (Å²) in [7, 11) is 0. The molecule has 3 N–H and O–H groups in total. The van der Waals surface area contributed by atoms with Gasteiger partial charge in [0.25, 0.3) is 6.43 Å². The summed E-state index contributed by atoms with van der Waals surface area (Å²) < 4.78 is 57.6. The molecule has 0 spiro atoms. The Morgan fingerprint density at radius 2 is 1.73 bits per heavy atom. The van der Waals surface area contributed by atoms with Crippen molar-refractivity contribution in [3.05, 3.63) is 76.5 Å². The standard InChI is InChI=1S/C24H18ClF4N5O3/c1-24(2,37)23-31-7-11(8-32-23)17-15(27)6-16-20(33-17)19(13(25)9-30-16)34-18(21(28)29)12-5-10(22(35)36)3-4-14(12)26/h3-9,18,21,37H,1-2H3,(H,30,34)(H,35,36)/t18-/m1/s1. The third kappa shape index (κ3) is 5.30. The van der Waals surface area contributed by atoms with E-state index in [1.807, 2.05) is 0 Å². The summed E-state index contributed by atoms with van der Waals surface area (Å²) in [6.07, 6.45) is 0.343. The van der Waals surface area contributed by atoms with Crippen molar-refractivity contribution in [3.8, 4) is 11.3 Å². The monoisotopic (exact) mass is 535 g/mol. The minimum absolute atomic E-state index is 0.0463. The van der Waals surface area contributed by atoms with Crippen LogP contribution in [0.3, 0.4) is 0 Å². The van der Waals surface area contributed by atoms with Gasteiger partial charge in [0.15, 0.2) is 11.6 Å². The van der Waals surface area contributed by atoms with Crippen LogP contribution in [0.5, 0.6) is 0 Å². The Morgan fingerprint density at radius 3 is 2.32 bits per heavy atom. The van der Waals surface area contributed by atoms with Gasteiger partial charge >= 0.3 is 5.97 Å². The van der Waals surface area contributed by atoms with E-state index in [1.165, 1.54) is 26.2 Å². The van der Waals surface area contributed by atoms with Crippen LogP contribution in [0, 0.1) is 11.6 Å². The number of nitrogens with one attached hydrogen (secondary N) is 1. The van der Waals surface area contributed by atoms with Crippen molar-refractivity contribution in [1.29, 1.82) is 0 Å². The number of anilines is 1. The second-order valence-corrected chi connectivity index (χ2v) is 8.93. The highest BCUT2D eigenvalue weighted by molar-refractivity contribution is 6.34. The maximum absolute atomic E-state index is 14.9. The third-order valence-corrected chi connectivity index (χ3v) is 5.64. The minimum atomic E-state index is -3.21. The zero-order chi connectivity index (χ0) is 27.1. The van der Waals surface area contributed by atoms with Crippen molar-refractivity contribution in [2.45, 2.75) is 31.9 Å². The molecule has 4 rings (SSSR count). The summed E-state index contributed by atoms with van der Waals surface area (Å²) in [6.45, 7) is 2.94. The Morgan fingerprint density at radius 1 is 1.05 bits per heavy atom. The van der Waals surface area contributed by atoms with Crippen LogP contribution in [0.2, 0.25) is 5.02 Å². The topological polar surface area (TPSA) is 121 Å². The molecule has 0 amide bonds. The average Bonchev–Trinajstić information content (AvgIpc) is 2.83. The summed E-state index contributed by atoms with van der Waals surface area (Å²) in [5.74, 6) is -3.24. The van der Waals surface area contributed by atoms with Crippen LogP contribution in [0.15, 0.2) is 42.9 Å². The molecule has 0 unspecified atom stereocenters. The molecule has 37 heavy (non-hydrogen) atoms. The predicted octanol–water partition coefficient (Wildman–Crippen LogP) is 5.36. The number of hydrogen-bond donors (Lipinski definition) is 3. The van der Waals surface area contributed by atoms with Crippen LogP contribution in [0.4, 0.5) is 23.2 Å². The van der Waals surface area contributed by atoms with Crippen LogP contribution >= 0.6 is 11.6 Å². The number of halogens is 5. The van der Waals surface area contributed by atoms with Crippen molar-refractivity contribution in [1.82, 2.24) is 19.9 Å². The van der Waals surface area contributed by atoms with Gasteiger partial charge in [0.05, 0.1) is 21.8 Å². The van der Waals surface area contributed by atoms with E-state index in [2.05, 4.69) is 25.3 Å². The van der Waals surface area contributed by atoms with Crippen molar-refractivity contribution in [3.63, 3.8) is 0 Å². The van der Waals surface area contributed by atoms with Gasteiger partial charge in [-0.2, -0.15) is 0 Å². The SMILES string of the molecule is CC(C)(O)c1ncc(-c2nc3c(N[C@H](c4cc(C(=O)O)ccc4F)C(F)F)c(Cl)cnc3cc2F)cn1. The number of pyridine rings is 2. The zero-order valence-corrected chi connectivity index (χ0v) is 19.9. The van der Waals surface area contributed by atoms with Gasteiger partial charge in [0.2, 0.25) is 0 Å². The Hall–Kier alpha value is -3.90. The molecule has 3 aromatic heterocycles. The number of benzene rings is 1. The Bertz CT molecular complexity index is 1500. The molecule has 0 saturated carbocycles. The van der Waals surface area contributed by atoms with Gasteiger partial charge in [-0.1, -0.05) is 11.6 Å². The highest BCUT2D eigenvalue weighted by Gasteiger charge is 2.29. The second kappa shape index (κ2) is 9.87. The van der Waals surface area contributed by atoms with Gasteiger partial charge in [-0.25, -0.2) is 37.3 Å². The number of aliphatic hydroxyl groups is 1. The molecule has 0 bridgehead atoms. The van der Waals surface area contributed by atoms with Crippen molar-refractivity contribution in [2.24, 2.45) is 0 Å². The van der Waals surface area contributed by atoms with Gasteiger partial charge in [0, 0.05) is 35.8 Å². The zero-order valence-electron chi connectivity index (χ0n) is 19.2. The molecule has 3 heterocycles. The summed E-state index contributed by atoms with van der Waals surface area (Å²) in [5.41, 5.74) is -2.86. The lowest BCUT2D eigenvalue weighted by atomic mass is 10.0. The van der Waals surface area contributed by atoms with Gasteiger partial charge in [-0.15, -0.1) is 0 Å². The number of carbonyl (C=O) groups is 1. The Balaban J connectivity index is 1.84. The first kappa shape index (κ1) is 26.2. The molecule has 0 saturated heterocycles. The highest BCUT2D eigenvalue weighted by Crippen LogP contribution is 2.36. The lowest BCUT2D eigenvalue weighted by Crippen LogP contribution is -2.21. The van der Waals surface area contributed by atoms with Crippen LogP contribution < -0.4 is 5.32 Å². The summed E-state index contributed by atoms with van der Waals surface area (Å²) in [5, 5.41) is 21.5. The molecule has 192 valence electrons. The number of alkyl halides is 2. The normalized spacial score (nSPS) is 12.7. The number of nitrogens with zero attached hydrogens (tertiary/aromatic N) is 4. The molecule has 0 aliphatic rings. The highest BCUT2D eigenvalue weighted by atomic mass is 35.5. The van der Waals surface area contributed by atoms with Gasteiger partial charge in [0.1, 0.15) is 28.7 Å². The first-order valence-electron chi connectivity index (χ1n) is 10.6. The molecular formula is C24H18ClF4N5O3. The number of rotatable bonds is 7. The Labute approximate surface area is 212 Å². The third-order valence-electron chi connectivity index (χ3n) is 5.35. The van der Waals surface area contributed by atoms with Gasteiger partial charge in [-0.05, 0) is 32.0 Å². The number of hydrogen-bond acceptors (Lipinski definition) is 7. The first-order valence-corrected chi connectivity index (χ1v) is 11.0. The number of carboxylic acids is 1. The quantitative estimate of drug-likeness (QED) is 0.270. The van der Waals surface area contributed by atoms with E-state index < -0.39 is 46.8 Å². The predicted molar refractivity (Wildman–Crippen MR) is 127 cm³/mol. The average molecular weight is 536 g/mol. The summed E-state index contributed by atoms with van der Waals surface area (Å²) >= 11 is 6.23. The molecule has 0 aliphatic heterocycles. The lowest BCUT2D eigenvalue weighted by molar-refractivity contribution is 0.0683. The van der Waals surface area contributed by atoms with Crippen LogP contribution in [0.25, 0.3) is 22.3 Å². The van der Waals surface area contributed by atoms with E-state index in [0.717, 1.165) is 30.5 Å². The van der Waals surface area contributed by atoms with Crippen molar-refractivity contribution < 1.29 is 32.6 Å².